The smallest absolute Gasteiger partial charge is 0.344 e. The predicted molar refractivity (Wildman–Crippen MR) is 101 cm³/mol. The summed E-state index contributed by atoms with van der Waals surface area (Å²) < 4.78 is 23.0. The second-order valence-electron chi connectivity index (χ2n) is 5.82. The number of carbonyl (C=O) groups excluding carboxylic acids is 1. The van der Waals surface area contributed by atoms with Crippen molar-refractivity contribution in [1.82, 2.24) is 4.57 Å². The SMILES string of the molecule is CCCOC(=O)COc1c(C)n(CCOc2ccc(OC)cc2)ccc1=O. The molecule has 0 aliphatic rings. The first-order valence-corrected chi connectivity index (χ1v) is 8.80. The number of carbonyl (C=O) groups is 1. The highest BCUT2D eigenvalue weighted by Gasteiger charge is 2.11. The summed E-state index contributed by atoms with van der Waals surface area (Å²) in [4.78, 5) is 23.6. The van der Waals surface area contributed by atoms with Crippen LogP contribution < -0.4 is 19.6 Å². The van der Waals surface area contributed by atoms with Crippen LogP contribution in [-0.4, -0.2) is 37.5 Å². The molecule has 0 saturated carbocycles. The van der Waals surface area contributed by atoms with Crippen LogP contribution in [0.2, 0.25) is 0 Å². The molecule has 0 amide bonds. The van der Waals surface area contributed by atoms with E-state index in [1.165, 1.54) is 6.07 Å². The highest BCUT2D eigenvalue weighted by molar-refractivity contribution is 5.71. The monoisotopic (exact) mass is 375 g/mol. The second kappa shape index (κ2) is 10.3. The molecule has 0 spiro atoms. The molecule has 0 fully saturated rings. The highest BCUT2D eigenvalue weighted by Crippen LogP contribution is 2.17. The van der Waals surface area contributed by atoms with Crippen LogP contribution in [-0.2, 0) is 16.1 Å². The maximum absolute atomic E-state index is 12.0. The third kappa shape index (κ3) is 6.06. The lowest BCUT2D eigenvalue weighted by Crippen LogP contribution is -2.21. The van der Waals surface area contributed by atoms with Gasteiger partial charge in [0.1, 0.15) is 18.1 Å². The highest BCUT2D eigenvalue weighted by atomic mass is 16.6. The molecule has 0 radical (unpaired) electrons. The van der Waals surface area contributed by atoms with Gasteiger partial charge in [-0.25, -0.2) is 4.79 Å². The Kier molecular flexibility index (Phi) is 7.73. The Labute approximate surface area is 158 Å². The van der Waals surface area contributed by atoms with Crippen molar-refractivity contribution in [3.05, 3.63) is 52.4 Å². The maximum Gasteiger partial charge on any atom is 0.344 e. The van der Waals surface area contributed by atoms with Gasteiger partial charge in [0.25, 0.3) is 0 Å². The van der Waals surface area contributed by atoms with Gasteiger partial charge in [-0.1, -0.05) is 6.92 Å². The van der Waals surface area contributed by atoms with Crippen molar-refractivity contribution >= 4 is 5.97 Å². The average Bonchev–Trinajstić information content (AvgIpc) is 2.68. The van der Waals surface area contributed by atoms with Gasteiger partial charge >= 0.3 is 5.97 Å². The van der Waals surface area contributed by atoms with Gasteiger partial charge in [0, 0.05) is 12.3 Å². The Morgan fingerprint density at radius 3 is 2.41 bits per heavy atom. The molecule has 146 valence electrons. The van der Waals surface area contributed by atoms with Gasteiger partial charge in [-0.3, -0.25) is 4.79 Å². The predicted octanol–water partition coefficient (Wildman–Crippen LogP) is 2.58. The van der Waals surface area contributed by atoms with Crippen molar-refractivity contribution < 1.29 is 23.7 Å². The molecule has 0 aliphatic carbocycles. The van der Waals surface area contributed by atoms with Gasteiger partial charge in [-0.05, 0) is 37.6 Å². The summed E-state index contributed by atoms with van der Waals surface area (Å²) in [5.74, 6) is 1.15. The van der Waals surface area contributed by atoms with Crippen molar-refractivity contribution in [2.24, 2.45) is 0 Å². The minimum absolute atomic E-state index is 0.149. The molecule has 7 heteroatoms. The minimum Gasteiger partial charge on any atom is -0.497 e. The van der Waals surface area contributed by atoms with Gasteiger partial charge < -0.3 is 23.5 Å². The number of nitrogens with zero attached hydrogens (tertiary/aromatic N) is 1. The van der Waals surface area contributed by atoms with Crippen LogP contribution in [0.25, 0.3) is 0 Å². The molecule has 7 nitrogen and oxygen atoms in total. The lowest BCUT2D eigenvalue weighted by atomic mass is 10.3. The summed E-state index contributed by atoms with van der Waals surface area (Å²) >= 11 is 0. The van der Waals surface area contributed by atoms with Gasteiger partial charge in [0.15, 0.2) is 12.4 Å². The third-order valence-corrected chi connectivity index (χ3v) is 3.85. The molecule has 0 unspecified atom stereocenters. The first-order chi connectivity index (χ1) is 13.0. The molecule has 0 N–H and O–H groups in total. The fourth-order valence-corrected chi connectivity index (χ4v) is 2.39. The Morgan fingerprint density at radius 1 is 1.04 bits per heavy atom. The largest absolute Gasteiger partial charge is 0.497 e. The lowest BCUT2D eigenvalue weighted by molar-refractivity contribution is -0.146. The zero-order valence-electron chi connectivity index (χ0n) is 15.9. The summed E-state index contributed by atoms with van der Waals surface area (Å²) in [5, 5.41) is 0. The van der Waals surface area contributed by atoms with Gasteiger partial charge in [0.2, 0.25) is 5.43 Å². The molecule has 1 heterocycles. The molecule has 0 aliphatic heterocycles. The van der Waals surface area contributed by atoms with E-state index in [0.717, 1.165) is 17.9 Å². The fraction of sp³-hybridized carbons (Fsp3) is 0.400. The maximum atomic E-state index is 12.0. The van der Waals surface area contributed by atoms with Crippen LogP contribution in [0.5, 0.6) is 17.2 Å². The Bertz CT molecular complexity index is 797. The molecule has 0 saturated heterocycles. The zero-order valence-corrected chi connectivity index (χ0v) is 15.9. The number of hydrogen-bond donors (Lipinski definition) is 0. The van der Waals surface area contributed by atoms with E-state index >= 15 is 0 Å². The molecule has 27 heavy (non-hydrogen) atoms. The van der Waals surface area contributed by atoms with Crippen molar-refractivity contribution in [2.75, 3.05) is 26.9 Å². The standard InChI is InChI=1S/C20H25NO6/c1-4-12-26-19(23)14-27-20-15(2)21(10-9-18(20)22)11-13-25-17-7-5-16(24-3)6-8-17/h5-10H,4,11-14H2,1-3H3. The number of ether oxygens (including phenoxy) is 4. The van der Waals surface area contributed by atoms with Crippen molar-refractivity contribution in [3.63, 3.8) is 0 Å². The van der Waals surface area contributed by atoms with E-state index in [-0.39, 0.29) is 17.8 Å². The van der Waals surface area contributed by atoms with Crippen LogP contribution in [0.3, 0.4) is 0 Å². The molecule has 2 rings (SSSR count). The van der Waals surface area contributed by atoms with Crippen molar-refractivity contribution in [1.29, 1.82) is 0 Å². The molecule has 2 aromatic rings. The van der Waals surface area contributed by atoms with E-state index in [4.69, 9.17) is 18.9 Å². The van der Waals surface area contributed by atoms with Crippen LogP contribution in [0.15, 0.2) is 41.3 Å². The molecule has 1 aromatic carbocycles. The van der Waals surface area contributed by atoms with Crippen LogP contribution in [0.4, 0.5) is 0 Å². The van der Waals surface area contributed by atoms with E-state index in [1.807, 2.05) is 35.8 Å². The summed E-state index contributed by atoms with van der Waals surface area (Å²) in [6.45, 7) is 4.65. The number of hydrogen-bond acceptors (Lipinski definition) is 6. The first-order valence-electron chi connectivity index (χ1n) is 8.80. The number of benzene rings is 1. The summed E-state index contributed by atoms with van der Waals surface area (Å²) in [7, 11) is 1.61. The number of rotatable bonds is 10. The van der Waals surface area contributed by atoms with Gasteiger partial charge in [-0.15, -0.1) is 0 Å². The Morgan fingerprint density at radius 2 is 1.74 bits per heavy atom. The number of pyridine rings is 1. The topological polar surface area (TPSA) is 76.0 Å². The van der Waals surface area contributed by atoms with E-state index in [9.17, 15) is 9.59 Å². The Balaban J connectivity index is 1.94. The van der Waals surface area contributed by atoms with Crippen molar-refractivity contribution in [2.45, 2.75) is 26.8 Å². The van der Waals surface area contributed by atoms with Gasteiger partial charge in [0.05, 0.1) is 26.0 Å². The normalized spacial score (nSPS) is 10.3. The fourth-order valence-electron chi connectivity index (χ4n) is 2.39. The second-order valence-corrected chi connectivity index (χ2v) is 5.82. The van der Waals surface area contributed by atoms with E-state index in [2.05, 4.69) is 0 Å². The number of methoxy groups -OCH3 is 1. The molecular weight excluding hydrogens is 350 g/mol. The number of esters is 1. The van der Waals surface area contributed by atoms with Gasteiger partial charge in [-0.2, -0.15) is 0 Å². The average molecular weight is 375 g/mol. The van der Waals surface area contributed by atoms with Crippen molar-refractivity contribution in [3.8, 4) is 17.2 Å². The van der Waals surface area contributed by atoms with E-state index in [1.54, 1.807) is 20.2 Å². The summed E-state index contributed by atoms with van der Waals surface area (Å²) in [6, 6.07) is 8.71. The number of aromatic nitrogens is 1. The third-order valence-electron chi connectivity index (χ3n) is 3.85. The minimum atomic E-state index is -0.492. The molecule has 0 atom stereocenters. The molecule has 0 bridgehead atoms. The molecular formula is C20H25NO6. The zero-order chi connectivity index (χ0) is 19.6. The van der Waals surface area contributed by atoms with E-state index < -0.39 is 5.97 Å². The lowest BCUT2D eigenvalue weighted by Gasteiger charge is -2.15. The first kappa shape index (κ1) is 20.4. The van der Waals surface area contributed by atoms with Crippen LogP contribution in [0, 0.1) is 6.92 Å². The quantitative estimate of drug-likeness (QED) is 0.594. The summed E-state index contributed by atoms with van der Waals surface area (Å²) in [5.41, 5.74) is 0.354. The summed E-state index contributed by atoms with van der Waals surface area (Å²) in [6.07, 6.45) is 2.41. The molecule has 1 aromatic heterocycles. The van der Waals surface area contributed by atoms with Crippen LogP contribution >= 0.6 is 0 Å². The van der Waals surface area contributed by atoms with E-state index in [0.29, 0.717) is 25.5 Å². The Hall–Kier alpha value is -2.96. The van der Waals surface area contributed by atoms with Crippen LogP contribution in [0.1, 0.15) is 19.0 Å².